The fourth-order valence-corrected chi connectivity index (χ4v) is 5.37. The highest BCUT2D eigenvalue weighted by Crippen LogP contribution is 2.27. The molecule has 2 N–H and O–H groups in total. The average Bonchev–Trinajstić information content (AvgIpc) is 3.11. The van der Waals surface area contributed by atoms with E-state index in [2.05, 4.69) is 28.5 Å². The van der Waals surface area contributed by atoms with Crippen LogP contribution in [0.25, 0.3) is 0 Å². The maximum absolute atomic E-state index is 13.0. The number of rotatable bonds is 8. The predicted octanol–water partition coefficient (Wildman–Crippen LogP) is 5.37. The minimum absolute atomic E-state index is 0.0497. The monoisotopic (exact) mass is 476 g/mol. The van der Waals surface area contributed by atoms with Gasteiger partial charge >= 0.3 is 6.03 Å². The summed E-state index contributed by atoms with van der Waals surface area (Å²) in [5.74, 6) is 0.0497. The van der Waals surface area contributed by atoms with E-state index in [1.165, 1.54) is 37.8 Å². The summed E-state index contributed by atoms with van der Waals surface area (Å²) in [5, 5.41) is 6.09. The Balaban J connectivity index is 1.22. The standard InChI is InChI=1S/C29H40N4O2/c1-2-26-12-6-7-19-32(26)20-9-18-30-28(34)22-23-14-16-25(17-15-23)31-29(35)33-21-8-5-11-24-10-3-4-13-27(24)33/h3-4,10,13-17,26H,2,5-9,11-12,18-22H2,1H3,(H,30,34)(H,31,35). The Labute approximate surface area is 210 Å². The number of piperidine rings is 1. The summed E-state index contributed by atoms with van der Waals surface area (Å²) in [6.07, 6.45) is 9.61. The highest BCUT2D eigenvalue weighted by molar-refractivity contribution is 6.02. The number of nitrogens with one attached hydrogen (secondary N) is 2. The first-order valence-corrected chi connectivity index (χ1v) is 13.4. The van der Waals surface area contributed by atoms with Crippen LogP contribution in [0.3, 0.4) is 0 Å². The number of anilines is 2. The number of aryl methyl sites for hydroxylation is 1. The first-order valence-electron chi connectivity index (χ1n) is 13.4. The Bertz CT molecular complexity index is 975. The minimum Gasteiger partial charge on any atom is -0.356 e. The van der Waals surface area contributed by atoms with Gasteiger partial charge in [0.2, 0.25) is 5.91 Å². The Morgan fingerprint density at radius 3 is 2.60 bits per heavy atom. The molecule has 2 aliphatic heterocycles. The van der Waals surface area contributed by atoms with E-state index in [-0.39, 0.29) is 11.9 Å². The second kappa shape index (κ2) is 12.7. The molecule has 3 amide bonds. The van der Waals surface area contributed by atoms with Crippen LogP contribution in [0.1, 0.15) is 63.0 Å². The van der Waals surface area contributed by atoms with Gasteiger partial charge < -0.3 is 15.5 Å². The molecule has 1 unspecified atom stereocenters. The molecule has 0 bridgehead atoms. The van der Waals surface area contributed by atoms with Gasteiger partial charge in [0, 0.05) is 37.1 Å². The summed E-state index contributed by atoms with van der Waals surface area (Å²) in [4.78, 5) is 29.8. The molecule has 2 aromatic carbocycles. The van der Waals surface area contributed by atoms with Gasteiger partial charge in [0.1, 0.15) is 0 Å². The second-order valence-electron chi connectivity index (χ2n) is 9.84. The smallest absolute Gasteiger partial charge is 0.326 e. The number of para-hydroxylation sites is 1. The predicted molar refractivity (Wildman–Crippen MR) is 143 cm³/mol. The summed E-state index contributed by atoms with van der Waals surface area (Å²) in [5.41, 5.74) is 3.92. The molecule has 1 atom stereocenters. The van der Waals surface area contributed by atoms with Crippen LogP contribution in [0, 0.1) is 0 Å². The SMILES string of the molecule is CCC1CCCCN1CCCNC(=O)Cc1ccc(NC(=O)N2CCCCc3ccccc32)cc1. The van der Waals surface area contributed by atoms with Crippen LogP contribution in [-0.2, 0) is 17.6 Å². The van der Waals surface area contributed by atoms with Crippen molar-refractivity contribution in [1.29, 1.82) is 0 Å². The lowest BCUT2D eigenvalue weighted by Crippen LogP contribution is -2.40. The zero-order valence-corrected chi connectivity index (χ0v) is 21.1. The van der Waals surface area contributed by atoms with Crippen molar-refractivity contribution in [3.8, 4) is 0 Å². The van der Waals surface area contributed by atoms with E-state index in [0.29, 0.717) is 12.5 Å². The van der Waals surface area contributed by atoms with Gasteiger partial charge in [-0.3, -0.25) is 9.69 Å². The van der Waals surface area contributed by atoms with Crippen molar-refractivity contribution in [2.75, 3.05) is 36.4 Å². The molecule has 1 fully saturated rings. The summed E-state index contributed by atoms with van der Waals surface area (Å²) >= 11 is 0. The zero-order chi connectivity index (χ0) is 24.5. The first-order chi connectivity index (χ1) is 17.1. The molecule has 0 spiro atoms. The van der Waals surface area contributed by atoms with Crippen molar-refractivity contribution in [2.24, 2.45) is 0 Å². The lowest BCUT2D eigenvalue weighted by Gasteiger charge is -2.35. The van der Waals surface area contributed by atoms with Gasteiger partial charge in [0.15, 0.2) is 0 Å². The van der Waals surface area contributed by atoms with Crippen LogP contribution in [0.5, 0.6) is 0 Å². The lowest BCUT2D eigenvalue weighted by atomic mass is 10.00. The molecule has 0 aliphatic carbocycles. The van der Waals surface area contributed by atoms with Crippen molar-refractivity contribution in [1.82, 2.24) is 10.2 Å². The number of fused-ring (bicyclic) bond motifs is 1. The Morgan fingerprint density at radius 1 is 0.971 bits per heavy atom. The quantitative estimate of drug-likeness (QED) is 0.503. The van der Waals surface area contributed by atoms with Crippen molar-refractivity contribution in [3.05, 3.63) is 59.7 Å². The third-order valence-electron chi connectivity index (χ3n) is 7.34. The maximum atomic E-state index is 13.0. The van der Waals surface area contributed by atoms with Gasteiger partial charge in [-0.1, -0.05) is 43.7 Å². The lowest BCUT2D eigenvalue weighted by molar-refractivity contribution is -0.120. The molecular formula is C29H40N4O2. The third kappa shape index (κ3) is 7.07. The van der Waals surface area contributed by atoms with E-state index in [1.807, 2.05) is 47.4 Å². The summed E-state index contributed by atoms with van der Waals surface area (Å²) in [7, 11) is 0. The second-order valence-corrected chi connectivity index (χ2v) is 9.84. The Kier molecular flexibility index (Phi) is 9.18. The van der Waals surface area contributed by atoms with Crippen LogP contribution in [0.4, 0.5) is 16.2 Å². The number of benzene rings is 2. The molecular weight excluding hydrogens is 436 g/mol. The number of nitrogens with zero attached hydrogens (tertiary/aromatic N) is 2. The number of hydrogen-bond donors (Lipinski definition) is 2. The van der Waals surface area contributed by atoms with Gasteiger partial charge in [0.05, 0.1) is 6.42 Å². The molecule has 6 nitrogen and oxygen atoms in total. The van der Waals surface area contributed by atoms with Gasteiger partial charge in [-0.15, -0.1) is 0 Å². The number of likely N-dealkylation sites (tertiary alicyclic amines) is 1. The van der Waals surface area contributed by atoms with Crippen LogP contribution < -0.4 is 15.5 Å². The summed E-state index contributed by atoms with van der Waals surface area (Å²) in [6, 6.07) is 16.4. The number of carbonyl (C=O) groups is 2. The topological polar surface area (TPSA) is 64.7 Å². The average molecular weight is 477 g/mol. The molecule has 2 aromatic rings. The molecule has 2 heterocycles. The zero-order valence-electron chi connectivity index (χ0n) is 21.1. The molecule has 6 heteroatoms. The molecule has 0 aromatic heterocycles. The highest BCUT2D eigenvalue weighted by Gasteiger charge is 2.21. The van der Waals surface area contributed by atoms with Gasteiger partial charge in [-0.25, -0.2) is 4.79 Å². The molecule has 0 saturated carbocycles. The van der Waals surface area contributed by atoms with E-state index < -0.39 is 0 Å². The van der Waals surface area contributed by atoms with Crippen LogP contribution in [0.2, 0.25) is 0 Å². The molecule has 35 heavy (non-hydrogen) atoms. The minimum atomic E-state index is -0.108. The summed E-state index contributed by atoms with van der Waals surface area (Å²) < 4.78 is 0. The van der Waals surface area contributed by atoms with E-state index in [4.69, 9.17) is 0 Å². The van der Waals surface area contributed by atoms with Crippen LogP contribution in [-0.4, -0.2) is 49.1 Å². The Hall–Kier alpha value is -2.86. The normalized spacial score (nSPS) is 18.4. The van der Waals surface area contributed by atoms with E-state index >= 15 is 0 Å². The van der Waals surface area contributed by atoms with Crippen molar-refractivity contribution in [3.63, 3.8) is 0 Å². The number of hydrogen-bond acceptors (Lipinski definition) is 3. The van der Waals surface area contributed by atoms with Crippen molar-refractivity contribution in [2.45, 2.75) is 70.8 Å². The maximum Gasteiger partial charge on any atom is 0.326 e. The number of urea groups is 1. The largest absolute Gasteiger partial charge is 0.356 e. The van der Waals surface area contributed by atoms with E-state index in [1.54, 1.807) is 0 Å². The van der Waals surface area contributed by atoms with E-state index in [0.717, 1.165) is 62.3 Å². The highest BCUT2D eigenvalue weighted by atomic mass is 16.2. The molecule has 0 radical (unpaired) electrons. The summed E-state index contributed by atoms with van der Waals surface area (Å²) in [6.45, 7) is 5.97. The first kappa shape index (κ1) is 25.2. The number of carbonyl (C=O) groups excluding carboxylic acids is 2. The van der Waals surface area contributed by atoms with E-state index in [9.17, 15) is 9.59 Å². The third-order valence-corrected chi connectivity index (χ3v) is 7.34. The molecule has 2 aliphatic rings. The molecule has 4 rings (SSSR count). The molecule has 1 saturated heterocycles. The van der Waals surface area contributed by atoms with Gasteiger partial charge in [0.25, 0.3) is 0 Å². The number of amides is 3. The Morgan fingerprint density at radius 2 is 1.77 bits per heavy atom. The van der Waals surface area contributed by atoms with Crippen molar-refractivity contribution >= 4 is 23.3 Å². The molecule has 188 valence electrons. The van der Waals surface area contributed by atoms with Gasteiger partial charge in [-0.2, -0.15) is 0 Å². The fourth-order valence-electron chi connectivity index (χ4n) is 5.37. The van der Waals surface area contributed by atoms with Crippen molar-refractivity contribution < 1.29 is 9.59 Å². The van der Waals surface area contributed by atoms with Crippen LogP contribution in [0.15, 0.2) is 48.5 Å². The van der Waals surface area contributed by atoms with Crippen LogP contribution >= 0.6 is 0 Å². The van der Waals surface area contributed by atoms with Gasteiger partial charge in [-0.05, 0) is 80.8 Å². The fraction of sp³-hybridized carbons (Fsp3) is 0.517.